The molecule has 0 unspecified atom stereocenters. The second-order valence-corrected chi connectivity index (χ2v) is 9.02. The fourth-order valence-electron chi connectivity index (χ4n) is 1.63. The van der Waals surface area contributed by atoms with Gasteiger partial charge in [0.05, 0.1) is 6.26 Å². The number of sulfonamides is 1. The highest BCUT2D eigenvalue weighted by molar-refractivity contribution is 7.91. The number of hydrogen-bond acceptors (Lipinski definition) is 6. The first-order valence-electron chi connectivity index (χ1n) is 6.55. The van der Waals surface area contributed by atoms with Gasteiger partial charge < -0.3 is 11.5 Å². The number of hydrogen-bond donors (Lipinski definition) is 4. The Balaban J connectivity index is 0.000000597. The molecule has 1 aromatic carbocycles. The summed E-state index contributed by atoms with van der Waals surface area (Å²) in [6.45, 7) is 0. The third-order valence-electron chi connectivity index (χ3n) is 2.53. The topological polar surface area (TPSA) is 196 Å². The summed E-state index contributed by atoms with van der Waals surface area (Å²) in [5.41, 5.74) is 11.9. The smallest absolute Gasteiger partial charge is 0.280 e. The molecule has 0 atom stereocenters. The molecule has 0 bridgehead atoms. The van der Waals surface area contributed by atoms with Crippen LogP contribution in [0.15, 0.2) is 44.9 Å². The van der Waals surface area contributed by atoms with E-state index < -0.39 is 26.0 Å². The van der Waals surface area contributed by atoms with Gasteiger partial charge in [0.1, 0.15) is 4.21 Å². The molecule has 0 spiro atoms. The number of rotatable bonds is 3. The Kier molecular flexibility index (Phi) is 7.00. The second-order valence-electron chi connectivity index (χ2n) is 4.86. The van der Waals surface area contributed by atoms with E-state index in [1.165, 1.54) is 6.07 Å². The molecule has 1 heterocycles. The van der Waals surface area contributed by atoms with E-state index in [1.54, 1.807) is 29.6 Å². The van der Waals surface area contributed by atoms with Crippen molar-refractivity contribution in [3.63, 3.8) is 0 Å². The van der Waals surface area contributed by atoms with Crippen LogP contribution in [-0.2, 0) is 20.1 Å². The molecule has 7 N–H and O–H groups in total. The largest absolute Gasteiger partial charge is 0.370 e. The number of nitrogens with two attached hydrogens (primary N) is 3. The van der Waals surface area contributed by atoms with Gasteiger partial charge in [0.25, 0.3) is 16.0 Å². The second kappa shape index (κ2) is 8.37. The third kappa shape index (κ3) is 7.71. The van der Waals surface area contributed by atoms with Crippen LogP contribution in [0.2, 0.25) is 0 Å². The van der Waals surface area contributed by atoms with Gasteiger partial charge in [-0.3, -0.25) is 9.35 Å². The number of primary sulfonamides is 1. The van der Waals surface area contributed by atoms with E-state index in [0.29, 0.717) is 22.9 Å². The van der Waals surface area contributed by atoms with Crippen LogP contribution in [0.4, 0.5) is 0 Å². The molecule has 0 saturated heterocycles. The maximum absolute atomic E-state index is 11.7. The van der Waals surface area contributed by atoms with Gasteiger partial charge >= 0.3 is 0 Å². The van der Waals surface area contributed by atoms with Crippen molar-refractivity contribution in [3.05, 3.63) is 41.3 Å². The molecule has 13 heteroatoms. The fraction of sp³-hybridized carbons (Fsp3) is 0.0769. The van der Waals surface area contributed by atoms with Crippen molar-refractivity contribution in [2.75, 3.05) is 6.26 Å². The summed E-state index contributed by atoms with van der Waals surface area (Å²) in [7, 11) is -7.40. The van der Waals surface area contributed by atoms with Crippen molar-refractivity contribution >= 4 is 43.3 Å². The van der Waals surface area contributed by atoms with Gasteiger partial charge in [0.15, 0.2) is 5.96 Å². The summed E-state index contributed by atoms with van der Waals surface area (Å²) in [5, 5.41) is 6.71. The molecular formula is C13H16N4O6S3. The lowest BCUT2D eigenvalue weighted by molar-refractivity contribution is 0.100. The zero-order valence-electron chi connectivity index (χ0n) is 13.4. The van der Waals surface area contributed by atoms with E-state index in [9.17, 15) is 21.6 Å². The number of guanidine groups is 1. The average Bonchev–Trinajstić information content (AvgIpc) is 2.94. The molecule has 0 aliphatic rings. The number of carbonyl (C=O) groups excluding carboxylic acids is 1. The minimum absolute atomic E-state index is 0.0541. The summed E-state index contributed by atoms with van der Waals surface area (Å²) in [6, 6.07) is 7.97. The van der Waals surface area contributed by atoms with Crippen molar-refractivity contribution in [2.45, 2.75) is 4.21 Å². The van der Waals surface area contributed by atoms with Gasteiger partial charge in [0, 0.05) is 5.56 Å². The Morgan fingerprint density at radius 3 is 2.15 bits per heavy atom. The van der Waals surface area contributed by atoms with E-state index in [-0.39, 0.29) is 10.2 Å². The first-order chi connectivity index (χ1) is 11.8. The molecule has 142 valence electrons. The highest BCUT2D eigenvalue weighted by atomic mass is 32.2. The molecular weight excluding hydrogens is 404 g/mol. The summed E-state index contributed by atoms with van der Waals surface area (Å²) in [4.78, 5) is 15.2. The van der Waals surface area contributed by atoms with E-state index in [1.807, 2.05) is 0 Å². The summed E-state index contributed by atoms with van der Waals surface area (Å²) < 4.78 is 48.4. The van der Waals surface area contributed by atoms with Gasteiger partial charge in [-0.05, 0) is 34.7 Å². The maximum atomic E-state index is 11.7. The van der Waals surface area contributed by atoms with E-state index >= 15 is 0 Å². The fourth-order valence-corrected chi connectivity index (χ4v) is 3.25. The first kappa shape index (κ1) is 21.7. The number of thiophene rings is 1. The molecule has 1 aromatic heterocycles. The zero-order valence-corrected chi connectivity index (χ0v) is 15.8. The van der Waals surface area contributed by atoms with Crippen molar-refractivity contribution < 1.29 is 26.2 Å². The SMILES string of the molecule is CS(=O)(=O)O.NC(N)=NC(=O)c1cccc(-c2csc(S(N)(=O)=O)c2)c1. The minimum Gasteiger partial charge on any atom is -0.370 e. The first-order valence-corrected chi connectivity index (χ1v) is 10.8. The standard InChI is InChI=1S/C12H12N4O3S2.CH4O3S/c13-12(14)16-11(17)8-3-1-2-7(4-8)9-5-10(20-6-9)21(15,18)19;1-5(2,3)4/h1-6H,(H2,15,18,19)(H4,13,14,16,17);1H3,(H,2,3,4). The van der Waals surface area contributed by atoms with E-state index in [0.717, 1.165) is 11.3 Å². The number of amides is 1. The number of aliphatic imine (C=N–C) groups is 1. The van der Waals surface area contributed by atoms with Gasteiger partial charge in [-0.15, -0.1) is 11.3 Å². The lowest BCUT2D eigenvalue weighted by Gasteiger charge is -2.01. The van der Waals surface area contributed by atoms with Gasteiger partial charge in [0.2, 0.25) is 10.0 Å². The predicted molar refractivity (Wildman–Crippen MR) is 98.7 cm³/mol. The Morgan fingerprint density at radius 1 is 1.12 bits per heavy atom. The Labute approximate surface area is 154 Å². The third-order valence-corrected chi connectivity index (χ3v) is 4.92. The van der Waals surface area contributed by atoms with Crippen LogP contribution >= 0.6 is 11.3 Å². The van der Waals surface area contributed by atoms with Crippen molar-refractivity contribution in [1.29, 1.82) is 0 Å². The van der Waals surface area contributed by atoms with Crippen molar-refractivity contribution in [1.82, 2.24) is 0 Å². The van der Waals surface area contributed by atoms with Gasteiger partial charge in [-0.25, -0.2) is 13.6 Å². The molecule has 10 nitrogen and oxygen atoms in total. The normalized spacial score (nSPS) is 11.2. The van der Waals surface area contributed by atoms with Crippen LogP contribution < -0.4 is 16.6 Å². The number of carbonyl (C=O) groups is 1. The van der Waals surface area contributed by atoms with Crippen LogP contribution in [-0.4, -0.2) is 39.5 Å². The van der Waals surface area contributed by atoms with Crippen LogP contribution in [0, 0.1) is 0 Å². The predicted octanol–water partition coefficient (Wildman–Crippen LogP) is -0.0199. The molecule has 0 saturated carbocycles. The Morgan fingerprint density at radius 2 is 1.69 bits per heavy atom. The van der Waals surface area contributed by atoms with Crippen LogP contribution in [0.25, 0.3) is 11.1 Å². The number of nitrogens with zero attached hydrogens (tertiary/aromatic N) is 1. The highest BCUT2D eigenvalue weighted by Crippen LogP contribution is 2.28. The Bertz CT molecular complexity index is 1030. The summed E-state index contributed by atoms with van der Waals surface area (Å²) >= 11 is 1.01. The molecule has 2 aromatic rings. The van der Waals surface area contributed by atoms with Crippen molar-refractivity contribution in [2.24, 2.45) is 21.6 Å². The lowest BCUT2D eigenvalue weighted by Crippen LogP contribution is -2.24. The summed E-state index contributed by atoms with van der Waals surface area (Å²) in [5.74, 6) is -0.892. The quantitative estimate of drug-likeness (QED) is 0.302. The Hall–Kier alpha value is -2.32. The lowest BCUT2D eigenvalue weighted by atomic mass is 10.1. The van der Waals surface area contributed by atoms with Gasteiger partial charge in [-0.1, -0.05) is 12.1 Å². The molecule has 0 fully saturated rings. The summed E-state index contributed by atoms with van der Waals surface area (Å²) in [6.07, 6.45) is 0.715. The zero-order chi connectivity index (χ0) is 20.1. The molecule has 0 aliphatic heterocycles. The van der Waals surface area contributed by atoms with Crippen LogP contribution in [0.1, 0.15) is 10.4 Å². The number of benzene rings is 1. The maximum Gasteiger partial charge on any atom is 0.280 e. The van der Waals surface area contributed by atoms with E-state index in [4.69, 9.17) is 21.2 Å². The van der Waals surface area contributed by atoms with Crippen LogP contribution in [0.3, 0.4) is 0 Å². The molecule has 2 rings (SSSR count). The molecule has 26 heavy (non-hydrogen) atoms. The highest BCUT2D eigenvalue weighted by Gasteiger charge is 2.13. The monoisotopic (exact) mass is 420 g/mol. The average molecular weight is 420 g/mol. The molecule has 1 amide bonds. The molecule has 0 aliphatic carbocycles. The van der Waals surface area contributed by atoms with E-state index in [2.05, 4.69) is 4.99 Å². The van der Waals surface area contributed by atoms with Gasteiger partial charge in [-0.2, -0.15) is 13.4 Å². The van der Waals surface area contributed by atoms with Crippen molar-refractivity contribution in [3.8, 4) is 11.1 Å². The molecule has 0 radical (unpaired) electrons. The van der Waals surface area contributed by atoms with Crippen LogP contribution in [0.5, 0.6) is 0 Å². The minimum atomic E-state index is -3.74.